The fourth-order valence-corrected chi connectivity index (χ4v) is 1.77. The van der Waals surface area contributed by atoms with E-state index >= 15 is 0 Å². The molecule has 4 nitrogen and oxygen atoms in total. The van der Waals surface area contributed by atoms with Crippen molar-refractivity contribution in [2.24, 2.45) is 0 Å². The molecule has 1 rings (SSSR count). The summed E-state index contributed by atoms with van der Waals surface area (Å²) >= 11 is 0. The Morgan fingerprint density at radius 1 is 1.50 bits per heavy atom. The van der Waals surface area contributed by atoms with Crippen LogP contribution in [0.4, 0.5) is 0 Å². The molecule has 0 aliphatic heterocycles. The number of nitrogens with zero attached hydrogens (tertiary/aromatic N) is 1. The van der Waals surface area contributed by atoms with E-state index in [4.69, 9.17) is 4.55 Å². The molecule has 0 aliphatic carbocycles. The monoisotopic (exact) mass is 214 g/mol. The van der Waals surface area contributed by atoms with Crippen molar-refractivity contribution in [2.45, 2.75) is 12.3 Å². The summed E-state index contributed by atoms with van der Waals surface area (Å²) in [4.78, 5) is 0. The second-order valence-corrected chi connectivity index (χ2v) is 4.48. The first-order valence-electron chi connectivity index (χ1n) is 4.01. The van der Waals surface area contributed by atoms with Gasteiger partial charge in [0, 0.05) is 12.1 Å². The molecule has 0 bridgehead atoms. The van der Waals surface area contributed by atoms with Crippen molar-refractivity contribution >= 4 is 10.1 Å². The molecule has 0 radical (unpaired) electrons. The normalized spacial score (nSPS) is 13.6. The fourth-order valence-electron chi connectivity index (χ4n) is 1.08. The van der Waals surface area contributed by atoms with Crippen LogP contribution in [-0.2, 0) is 10.1 Å². The Morgan fingerprint density at radius 3 is 2.36 bits per heavy atom. The molecule has 1 unspecified atom stereocenters. The zero-order valence-electron chi connectivity index (χ0n) is 7.79. The van der Waals surface area contributed by atoms with E-state index in [1.54, 1.807) is 24.5 Å². The van der Waals surface area contributed by atoms with Gasteiger partial charge in [0.1, 0.15) is 0 Å². The van der Waals surface area contributed by atoms with Gasteiger partial charge in [-0.15, -0.1) is 0 Å². The predicted molar refractivity (Wildman–Crippen MR) is 52.2 cm³/mol. The van der Waals surface area contributed by atoms with Crippen LogP contribution in [-0.4, -0.2) is 13.0 Å². The van der Waals surface area contributed by atoms with Crippen LogP contribution in [0.5, 0.6) is 0 Å². The molecule has 76 valence electrons. The third kappa shape index (κ3) is 2.40. The molecule has 1 atom stereocenters. The standard InChI is InChI=1S/C9H11NO3S/c1-3-9(14(11,12)13)10-6-4-8(2)5-7-10/h3-7,9H,1H2,2H3/p+1. The van der Waals surface area contributed by atoms with Gasteiger partial charge in [0.2, 0.25) is 0 Å². The van der Waals surface area contributed by atoms with E-state index in [0.717, 1.165) is 5.56 Å². The number of pyridine rings is 1. The predicted octanol–water partition coefficient (Wildman–Crippen LogP) is 0.855. The fraction of sp³-hybridized carbons (Fsp3) is 0.222. The Balaban J connectivity index is 3.15. The van der Waals surface area contributed by atoms with Crippen LogP contribution in [0.15, 0.2) is 37.2 Å². The lowest BCUT2D eigenvalue weighted by atomic mass is 10.3. The molecule has 0 saturated carbocycles. The maximum absolute atomic E-state index is 10.9. The van der Waals surface area contributed by atoms with Gasteiger partial charge in [-0.1, -0.05) is 6.58 Å². The molecule has 0 fully saturated rings. The Hall–Kier alpha value is -1.20. The smallest absolute Gasteiger partial charge is 0.280 e. The van der Waals surface area contributed by atoms with Crippen molar-refractivity contribution in [2.75, 3.05) is 0 Å². The molecular weight excluding hydrogens is 202 g/mol. The van der Waals surface area contributed by atoms with E-state index < -0.39 is 15.5 Å². The lowest BCUT2D eigenvalue weighted by molar-refractivity contribution is -0.692. The first-order valence-corrected chi connectivity index (χ1v) is 5.52. The minimum atomic E-state index is -4.14. The number of aryl methyl sites for hydroxylation is 1. The summed E-state index contributed by atoms with van der Waals surface area (Å²) < 4.78 is 32.1. The second kappa shape index (κ2) is 3.89. The summed E-state index contributed by atoms with van der Waals surface area (Å²) in [6, 6.07) is 3.50. The first-order chi connectivity index (χ1) is 6.45. The molecule has 5 heteroatoms. The Labute approximate surface area is 83.3 Å². The average Bonchev–Trinajstić information content (AvgIpc) is 2.07. The maximum atomic E-state index is 10.9. The molecule has 0 saturated heterocycles. The summed E-state index contributed by atoms with van der Waals surface area (Å²) in [6.45, 7) is 5.26. The largest absolute Gasteiger partial charge is 0.333 e. The number of rotatable bonds is 3. The molecule has 1 aromatic heterocycles. The minimum Gasteiger partial charge on any atom is -0.280 e. The van der Waals surface area contributed by atoms with E-state index in [9.17, 15) is 8.42 Å². The van der Waals surface area contributed by atoms with Gasteiger partial charge in [-0.25, -0.2) is 0 Å². The Kier molecular flexibility index (Phi) is 3.03. The highest BCUT2D eigenvalue weighted by Crippen LogP contribution is 2.06. The number of hydrogen-bond donors (Lipinski definition) is 1. The van der Waals surface area contributed by atoms with E-state index in [1.807, 2.05) is 6.92 Å². The zero-order chi connectivity index (χ0) is 10.8. The SMILES string of the molecule is C=CC([n+]1ccc(C)cc1)S(=O)(=O)O. The number of aromatic nitrogens is 1. The van der Waals surface area contributed by atoms with Crippen molar-refractivity contribution in [3.63, 3.8) is 0 Å². The van der Waals surface area contributed by atoms with E-state index in [1.165, 1.54) is 10.6 Å². The van der Waals surface area contributed by atoms with Crippen LogP contribution < -0.4 is 4.57 Å². The van der Waals surface area contributed by atoms with Crippen LogP contribution in [0.2, 0.25) is 0 Å². The first kappa shape index (κ1) is 10.9. The van der Waals surface area contributed by atoms with Crippen LogP contribution in [0, 0.1) is 6.92 Å². The van der Waals surface area contributed by atoms with Crippen molar-refractivity contribution in [3.8, 4) is 0 Å². The summed E-state index contributed by atoms with van der Waals surface area (Å²) in [5, 5.41) is -1.12. The second-order valence-electron chi connectivity index (χ2n) is 2.96. The molecule has 1 N–H and O–H groups in total. The lowest BCUT2D eigenvalue weighted by Gasteiger charge is -2.03. The maximum Gasteiger partial charge on any atom is 0.333 e. The molecule has 0 spiro atoms. The van der Waals surface area contributed by atoms with Crippen LogP contribution in [0.3, 0.4) is 0 Å². The van der Waals surface area contributed by atoms with Gasteiger partial charge in [-0.3, -0.25) is 4.55 Å². The van der Waals surface area contributed by atoms with Gasteiger partial charge >= 0.3 is 10.1 Å². The molecule has 0 amide bonds. The molecule has 1 heterocycles. The highest BCUT2D eigenvalue weighted by Gasteiger charge is 2.27. The van der Waals surface area contributed by atoms with Crippen molar-refractivity contribution in [1.29, 1.82) is 0 Å². The van der Waals surface area contributed by atoms with Crippen molar-refractivity contribution < 1.29 is 17.5 Å². The molecular formula is C9H12NO3S+. The quantitative estimate of drug-likeness (QED) is 0.461. The third-order valence-electron chi connectivity index (χ3n) is 1.82. The summed E-state index contributed by atoms with van der Waals surface area (Å²) in [7, 11) is -4.14. The highest BCUT2D eigenvalue weighted by atomic mass is 32.2. The van der Waals surface area contributed by atoms with Crippen LogP contribution in [0.25, 0.3) is 0 Å². The van der Waals surface area contributed by atoms with Crippen LogP contribution >= 0.6 is 0 Å². The molecule has 1 aromatic rings. The van der Waals surface area contributed by atoms with Gasteiger partial charge in [0.15, 0.2) is 12.4 Å². The minimum absolute atomic E-state index is 1.01. The Bertz CT molecular complexity index is 422. The van der Waals surface area contributed by atoms with Crippen molar-refractivity contribution in [3.05, 3.63) is 42.7 Å². The summed E-state index contributed by atoms with van der Waals surface area (Å²) in [5.41, 5.74) is 1.01. The number of hydrogen-bond acceptors (Lipinski definition) is 2. The molecule has 0 aliphatic rings. The van der Waals surface area contributed by atoms with Gasteiger partial charge in [0.25, 0.3) is 5.37 Å². The molecule has 14 heavy (non-hydrogen) atoms. The zero-order valence-corrected chi connectivity index (χ0v) is 8.61. The topological polar surface area (TPSA) is 58.2 Å². The lowest BCUT2D eigenvalue weighted by Crippen LogP contribution is -2.41. The van der Waals surface area contributed by atoms with E-state index in [2.05, 4.69) is 6.58 Å². The van der Waals surface area contributed by atoms with Crippen LogP contribution in [0.1, 0.15) is 10.9 Å². The van der Waals surface area contributed by atoms with Gasteiger partial charge in [0.05, 0.1) is 0 Å². The van der Waals surface area contributed by atoms with Gasteiger partial charge in [-0.2, -0.15) is 13.0 Å². The average molecular weight is 214 g/mol. The van der Waals surface area contributed by atoms with E-state index in [0.29, 0.717) is 0 Å². The Morgan fingerprint density at radius 2 is 2.00 bits per heavy atom. The highest BCUT2D eigenvalue weighted by molar-refractivity contribution is 7.85. The van der Waals surface area contributed by atoms with Crippen molar-refractivity contribution in [1.82, 2.24) is 0 Å². The van der Waals surface area contributed by atoms with Gasteiger partial charge in [-0.05, 0) is 18.6 Å². The summed E-state index contributed by atoms with van der Waals surface area (Å²) in [5.74, 6) is 0. The summed E-state index contributed by atoms with van der Waals surface area (Å²) in [6.07, 6.45) is 4.33. The van der Waals surface area contributed by atoms with E-state index in [-0.39, 0.29) is 0 Å². The third-order valence-corrected chi connectivity index (χ3v) is 2.87. The van der Waals surface area contributed by atoms with Gasteiger partial charge < -0.3 is 0 Å². The molecule has 0 aromatic carbocycles.